The van der Waals surface area contributed by atoms with E-state index in [2.05, 4.69) is 110 Å². The van der Waals surface area contributed by atoms with Crippen LogP contribution in [0.1, 0.15) is 48.9 Å². The topological polar surface area (TPSA) is 15.3 Å². The predicted molar refractivity (Wildman–Crippen MR) is 117 cm³/mol. The highest BCUT2D eigenvalue weighted by molar-refractivity contribution is 5.57. The fraction of sp³-hybridized carbons (Fsp3) is 0.280. The van der Waals surface area contributed by atoms with Crippen molar-refractivity contribution in [3.63, 3.8) is 0 Å². The summed E-state index contributed by atoms with van der Waals surface area (Å²) in [4.78, 5) is 0. The van der Waals surface area contributed by atoms with Crippen molar-refractivity contribution < 1.29 is 0 Å². The summed E-state index contributed by atoms with van der Waals surface area (Å²) in [6.45, 7) is 6.51. The zero-order valence-corrected chi connectivity index (χ0v) is 16.7. The normalized spacial score (nSPS) is 11.8. The Kier molecular flexibility index (Phi) is 6.54. The number of aryl methyl sites for hydroxylation is 2. The molecule has 0 saturated carbocycles. The lowest BCUT2D eigenvalue weighted by Gasteiger charge is -2.35. The number of hydrogen-bond donors (Lipinski definition) is 1. The molecule has 1 N–H and O–H groups in total. The second-order valence-corrected chi connectivity index (χ2v) is 7.25. The van der Waals surface area contributed by atoms with Crippen molar-refractivity contribution in [2.45, 2.75) is 46.1 Å². The minimum Gasteiger partial charge on any atom is -0.298 e. The molecular weight excluding hydrogens is 328 g/mol. The van der Waals surface area contributed by atoms with Crippen molar-refractivity contribution in [2.24, 2.45) is 0 Å². The zero-order valence-electron chi connectivity index (χ0n) is 16.7. The van der Waals surface area contributed by atoms with Gasteiger partial charge in [-0.25, -0.2) is 0 Å². The van der Waals surface area contributed by atoms with Gasteiger partial charge < -0.3 is 0 Å². The molecule has 2 nitrogen and oxygen atoms in total. The van der Waals surface area contributed by atoms with Crippen LogP contribution >= 0.6 is 0 Å². The summed E-state index contributed by atoms with van der Waals surface area (Å²) in [6.07, 6.45) is 3.49. The van der Waals surface area contributed by atoms with Crippen molar-refractivity contribution in [2.75, 3.05) is 10.4 Å². The molecule has 0 bridgehead atoms. The Labute approximate surface area is 163 Å². The Balaban J connectivity index is 1.99. The molecule has 3 aromatic carbocycles. The second kappa shape index (κ2) is 9.27. The summed E-state index contributed by atoms with van der Waals surface area (Å²) in [5.74, 6) is 0. The number of nitrogens with one attached hydrogen (secondary N) is 1. The molecule has 140 valence electrons. The average Bonchev–Trinajstić information content (AvgIpc) is 2.70. The fourth-order valence-corrected chi connectivity index (χ4v) is 3.31. The first kappa shape index (κ1) is 19.0. The predicted octanol–water partition coefficient (Wildman–Crippen LogP) is 7.07. The summed E-state index contributed by atoms with van der Waals surface area (Å²) >= 11 is 0. The average molecular weight is 359 g/mol. The number of anilines is 2. The van der Waals surface area contributed by atoms with Crippen LogP contribution in [0.25, 0.3) is 0 Å². The Morgan fingerprint density at radius 2 is 1.37 bits per heavy atom. The maximum absolute atomic E-state index is 3.68. The largest absolute Gasteiger partial charge is 0.298 e. The molecule has 0 heterocycles. The molecule has 0 fully saturated rings. The van der Waals surface area contributed by atoms with Crippen LogP contribution in [0.4, 0.5) is 11.4 Å². The van der Waals surface area contributed by atoms with Crippen molar-refractivity contribution >= 4 is 11.4 Å². The SMILES string of the molecule is CCCCC(c1ccccc1)N(Nc1ccc(C)cc1)c1ccc(C)cc1. The Morgan fingerprint density at radius 1 is 0.778 bits per heavy atom. The maximum atomic E-state index is 3.68. The van der Waals surface area contributed by atoms with Gasteiger partial charge >= 0.3 is 0 Å². The van der Waals surface area contributed by atoms with Crippen LogP contribution < -0.4 is 10.4 Å². The van der Waals surface area contributed by atoms with E-state index < -0.39 is 0 Å². The summed E-state index contributed by atoms with van der Waals surface area (Å²) in [5.41, 5.74) is 9.87. The zero-order chi connectivity index (χ0) is 19.1. The molecule has 1 unspecified atom stereocenters. The second-order valence-electron chi connectivity index (χ2n) is 7.25. The van der Waals surface area contributed by atoms with E-state index in [4.69, 9.17) is 0 Å². The van der Waals surface area contributed by atoms with Gasteiger partial charge in [-0.3, -0.25) is 10.4 Å². The van der Waals surface area contributed by atoms with Gasteiger partial charge in [0.25, 0.3) is 0 Å². The molecule has 0 aromatic heterocycles. The molecule has 0 aliphatic carbocycles. The smallest absolute Gasteiger partial charge is 0.0753 e. The summed E-state index contributed by atoms with van der Waals surface area (Å²) in [7, 11) is 0. The van der Waals surface area contributed by atoms with Gasteiger partial charge in [-0.2, -0.15) is 0 Å². The maximum Gasteiger partial charge on any atom is 0.0753 e. The lowest BCUT2D eigenvalue weighted by atomic mass is 10.00. The summed E-state index contributed by atoms with van der Waals surface area (Å²) in [5, 5.41) is 2.33. The molecule has 1 atom stereocenters. The first-order valence-electron chi connectivity index (χ1n) is 9.91. The van der Waals surface area contributed by atoms with Crippen molar-refractivity contribution in [3.05, 3.63) is 95.6 Å². The number of nitrogens with zero attached hydrogens (tertiary/aromatic N) is 1. The standard InChI is InChI=1S/C25H30N2/c1-4-5-11-25(22-9-7-6-8-10-22)27(24-18-14-21(3)15-19-24)26-23-16-12-20(2)13-17-23/h6-10,12-19,25-26H,4-5,11H2,1-3H3. The van der Waals surface area contributed by atoms with E-state index in [0.717, 1.165) is 12.1 Å². The van der Waals surface area contributed by atoms with Crippen LogP contribution in [0.15, 0.2) is 78.9 Å². The quantitative estimate of drug-likeness (QED) is 0.433. The van der Waals surface area contributed by atoms with Crippen molar-refractivity contribution in [3.8, 4) is 0 Å². The minimum atomic E-state index is 0.273. The van der Waals surface area contributed by atoms with Gasteiger partial charge in [0, 0.05) is 0 Å². The number of hydrazine groups is 1. The fourth-order valence-electron chi connectivity index (χ4n) is 3.31. The van der Waals surface area contributed by atoms with Crippen molar-refractivity contribution in [1.29, 1.82) is 0 Å². The molecule has 2 heteroatoms. The van der Waals surface area contributed by atoms with E-state index in [9.17, 15) is 0 Å². The van der Waals surface area contributed by atoms with Gasteiger partial charge in [-0.15, -0.1) is 0 Å². The van der Waals surface area contributed by atoms with Gasteiger partial charge in [0.05, 0.1) is 17.4 Å². The van der Waals surface area contributed by atoms with Gasteiger partial charge in [0.15, 0.2) is 0 Å². The number of benzene rings is 3. The lowest BCUT2D eigenvalue weighted by molar-refractivity contribution is 0.572. The van der Waals surface area contributed by atoms with Crippen LogP contribution in [-0.2, 0) is 0 Å². The molecule has 0 aliphatic heterocycles. The highest BCUT2D eigenvalue weighted by Gasteiger charge is 2.21. The highest BCUT2D eigenvalue weighted by atomic mass is 15.5. The third-order valence-corrected chi connectivity index (χ3v) is 4.94. The van der Waals surface area contributed by atoms with E-state index in [0.29, 0.717) is 0 Å². The van der Waals surface area contributed by atoms with E-state index in [1.807, 2.05) is 0 Å². The third kappa shape index (κ3) is 5.13. The molecular formula is C25H30N2. The van der Waals surface area contributed by atoms with E-state index in [1.54, 1.807) is 0 Å². The Morgan fingerprint density at radius 3 is 1.96 bits per heavy atom. The molecule has 3 aromatic rings. The lowest BCUT2D eigenvalue weighted by Crippen LogP contribution is -2.34. The van der Waals surface area contributed by atoms with Crippen LogP contribution in [0, 0.1) is 13.8 Å². The van der Waals surface area contributed by atoms with Crippen LogP contribution in [0.3, 0.4) is 0 Å². The summed E-state index contributed by atoms with van der Waals surface area (Å²) in [6, 6.07) is 28.5. The van der Waals surface area contributed by atoms with Crippen molar-refractivity contribution in [1.82, 2.24) is 0 Å². The molecule has 0 spiro atoms. The first-order valence-corrected chi connectivity index (χ1v) is 9.91. The third-order valence-electron chi connectivity index (χ3n) is 4.94. The van der Waals surface area contributed by atoms with E-state index in [-0.39, 0.29) is 6.04 Å². The van der Waals surface area contributed by atoms with E-state index >= 15 is 0 Å². The van der Waals surface area contributed by atoms with Gasteiger partial charge in [-0.05, 0) is 50.1 Å². The number of hydrogen-bond acceptors (Lipinski definition) is 2. The summed E-state index contributed by atoms with van der Waals surface area (Å²) < 4.78 is 0. The van der Waals surface area contributed by atoms with Crippen LogP contribution in [-0.4, -0.2) is 0 Å². The van der Waals surface area contributed by atoms with Crippen LogP contribution in [0.2, 0.25) is 0 Å². The molecule has 27 heavy (non-hydrogen) atoms. The monoisotopic (exact) mass is 358 g/mol. The Hall–Kier alpha value is -2.74. The minimum absolute atomic E-state index is 0.273. The van der Waals surface area contributed by atoms with Gasteiger partial charge in [-0.1, -0.05) is 85.5 Å². The molecule has 0 saturated heterocycles. The van der Waals surface area contributed by atoms with Gasteiger partial charge in [0.2, 0.25) is 0 Å². The molecule has 3 rings (SSSR count). The Bertz CT molecular complexity index is 807. The van der Waals surface area contributed by atoms with Gasteiger partial charge in [0.1, 0.15) is 0 Å². The van der Waals surface area contributed by atoms with Crippen LogP contribution in [0.5, 0.6) is 0 Å². The molecule has 0 amide bonds. The first-order chi connectivity index (χ1) is 13.2. The number of rotatable bonds is 8. The van der Waals surface area contributed by atoms with E-state index in [1.165, 1.54) is 35.2 Å². The molecule has 0 radical (unpaired) electrons. The number of unbranched alkanes of at least 4 members (excludes halogenated alkanes) is 1. The molecule has 0 aliphatic rings. The highest BCUT2D eigenvalue weighted by Crippen LogP contribution is 2.32.